The maximum Gasteiger partial charge on any atom is 0.422 e. The van der Waals surface area contributed by atoms with Crippen molar-refractivity contribution in [2.24, 2.45) is 4.99 Å². The lowest BCUT2D eigenvalue weighted by Gasteiger charge is -2.13. The van der Waals surface area contributed by atoms with E-state index in [1.165, 1.54) is 31.1 Å². The van der Waals surface area contributed by atoms with Gasteiger partial charge >= 0.3 is 6.18 Å². The lowest BCUT2D eigenvalue weighted by atomic mass is 10.2. The third-order valence-corrected chi connectivity index (χ3v) is 4.78. The molecule has 29 heavy (non-hydrogen) atoms. The molecule has 12 heteroatoms. The fraction of sp³-hybridized carbons (Fsp3) is 0.294. The molecule has 0 fully saturated rings. The SMILES string of the molecule is COc1cnc(NC(=O)CSC2=Nc3cnc(Cl)cc3C2)cc1OCC(F)(F)F. The molecule has 0 aromatic carbocycles. The van der Waals surface area contributed by atoms with Crippen LogP contribution < -0.4 is 14.8 Å². The van der Waals surface area contributed by atoms with Gasteiger partial charge in [-0.25, -0.2) is 15.0 Å². The van der Waals surface area contributed by atoms with E-state index < -0.39 is 18.7 Å². The fourth-order valence-electron chi connectivity index (χ4n) is 2.37. The summed E-state index contributed by atoms with van der Waals surface area (Å²) in [5, 5.41) is 3.61. The number of carbonyl (C=O) groups excluding carboxylic acids is 1. The van der Waals surface area contributed by atoms with Crippen LogP contribution in [0.2, 0.25) is 5.15 Å². The highest BCUT2D eigenvalue weighted by Gasteiger charge is 2.29. The summed E-state index contributed by atoms with van der Waals surface area (Å²) in [5.41, 5.74) is 1.64. The van der Waals surface area contributed by atoms with Crippen molar-refractivity contribution in [2.75, 3.05) is 24.8 Å². The monoisotopic (exact) mass is 446 g/mol. The highest BCUT2D eigenvalue weighted by molar-refractivity contribution is 8.14. The number of rotatable bonds is 6. The van der Waals surface area contributed by atoms with E-state index in [0.717, 1.165) is 10.6 Å². The zero-order chi connectivity index (χ0) is 21.0. The van der Waals surface area contributed by atoms with Crippen molar-refractivity contribution in [1.29, 1.82) is 0 Å². The summed E-state index contributed by atoms with van der Waals surface area (Å²) in [6, 6.07) is 2.89. The minimum Gasteiger partial charge on any atom is -0.491 e. The van der Waals surface area contributed by atoms with Crippen LogP contribution in [0, 0.1) is 0 Å². The predicted molar refractivity (Wildman–Crippen MR) is 103 cm³/mol. The maximum absolute atomic E-state index is 12.4. The highest BCUT2D eigenvalue weighted by atomic mass is 35.5. The van der Waals surface area contributed by atoms with Gasteiger partial charge in [0, 0.05) is 12.5 Å². The van der Waals surface area contributed by atoms with Crippen LogP contribution in [0.15, 0.2) is 29.5 Å². The molecule has 3 heterocycles. The molecule has 0 saturated carbocycles. The second kappa shape index (κ2) is 8.87. The maximum atomic E-state index is 12.4. The first-order chi connectivity index (χ1) is 13.7. The van der Waals surface area contributed by atoms with Crippen LogP contribution in [0.4, 0.5) is 24.7 Å². The van der Waals surface area contributed by atoms with Crippen molar-refractivity contribution in [3.8, 4) is 11.5 Å². The van der Waals surface area contributed by atoms with Crippen LogP contribution in [0.5, 0.6) is 11.5 Å². The molecule has 1 N–H and O–H groups in total. The number of thioether (sulfide) groups is 1. The topological polar surface area (TPSA) is 85.7 Å². The van der Waals surface area contributed by atoms with Crippen molar-refractivity contribution < 1.29 is 27.4 Å². The van der Waals surface area contributed by atoms with Gasteiger partial charge in [-0.2, -0.15) is 13.2 Å². The number of carbonyl (C=O) groups is 1. The van der Waals surface area contributed by atoms with Gasteiger partial charge in [0.05, 0.1) is 36.0 Å². The van der Waals surface area contributed by atoms with Crippen molar-refractivity contribution >= 4 is 45.8 Å². The number of nitrogens with zero attached hydrogens (tertiary/aromatic N) is 3. The van der Waals surface area contributed by atoms with E-state index in [-0.39, 0.29) is 23.1 Å². The van der Waals surface area contributed by atoms with Crippen LogP contribution in [0.3, 0.4) is 0 Å². The quantitative estimate of drug-likeness (QED) is 0.674. The predicted octanol–water partition coefficient (Wildman–Crippen LogP) is 4.04. The van der Waals surface area contributed by atoms with Gasteiger partial charge < -0.3 is 14.8 Å². The Kier molecular flexibility index (Phi) is 6.48. The number of fused-ring (bicyclic) bond motifs is 1. The van der Waals surface area contributed by atoms with E-state index in [9.17, 15) is 18.0 Å². The molecule has 0 atom stereocenters. The Hall–Kier alpha value is -2.53. The van der Waals surface area contributed by atoms with E-state index in [1.807, 2.05) is 0 Å². The number of hydrogen-bond acceptors (Lipinski definition) is 7. The van der Waals surface area contributed by atoms with Crippen molar-refractivity contribution in [3.05, 3.63) is 35.2 Å². The zero-order valence-electron chi connectivity index (χ0n) is 14.9. The molecule has 0 unspecified atom stereocenters. The normalized spacial score (nSPS) is 12.9. The lowest BCUT2D eigenvalue weighted by Crippen LogP contribution is -2.20. The summed E-state index contributed by atoms with van der Waals surface area (Å²) in [4.78, 5) is 24.4. The molecule has 154 valence electrons. The van der Waals surface area contributed by atoms with Crippen molar-refractivity contribution in [3.63, 3.8) is 0 Å². The van der Waals surface area contributed by atoms with E-state index in [2.05, 4.69) is 20.3 Å². The second-order valence-corrected chi connectivity index (χ2v) is 7.22. The molecule has 0 spiro atoms. The Balaban J connectivity index is 1.57. The number of halogens is 4. The molecule has 1 aliphatic heterocycles. The smallest absolute Gasteiger partial charge is 0.422 e. The van der Waals surface area contributed by atoms with Gasteiger partial charge in [-0.1, -0.05) is 11.6 Å². The molecular formula is C17H14ClF3N4O3S. The highest BCUT2D eigenvalue weighted by Crippen LogP contribution is 2.32. The van der Waals surface area contributed by atoms with Crippen LogP contribution in [-0.4, -0.2) is 46.6 Å². The Bertz CT molecular complexity index is 956. The number of aliphatic imine (C=N–C) groups is 1. The number of alkyl halides is 3. The van der Waals surface area contributed by atoms with Crippen LogP contribution in [0.1, 0.15) is 5.56 Å². The molecule has 7 nitrogen and oxygen atoms in total. The molecule has 1 amide bonds. The second-order valence-electron chi connectivity index (χ2n) is 5.78. The zero-order valence-corrected chi connectivity index (χ0v) is 16.5. The third-order valence-electron chi connectivity index (χ3n) is 3.60. The van der Waals surface area contributed by atoms with Gasteiger partial charge in [0.1, 0.15) is 11.0 Å². The molecule has 0 bridgehead atoms. The first-order valence-corrected chi connectivity index (χ1v) is 9.48. The first kappa shape index (κ1) is 21.2. The molecule has 2 aromatic heterocycles. The summed E-state index contributed by atoms with van der Waals surface area (Å²) >= 11 is 7.08. The number of hydrogen-bond donors (Lipinski definition) is 1. The number of amides is 1. The van der Waals surface area contributed by atoms with Gasteiger partial charge in [-0.3, -0.25) is 4.79 Å². The molecule has 3 rings (SSSR count). The van der Waals surface area contributed by atoms with Crippen molar-refractivity contribution in [1.82, 2.24) is 9.97 Å². The molecule has 1 aliphatic rings. The number of anilines is 1. The van der Waals surface area contributed by atoms with E-state index in [0.29, 0.717) is 17.3 Å². The van der Waals surface area contributed by atoms with Crippen LogP contribution in [-0.2, 0) is 11.2 Å². The number of aromatic nitrogens is 2. The van der Waals surface area contributed by atoms with Crippen molar-refractivity contribution in [2.45, 2.75) is 12.6 Å². The Morgan fingerprint density at radius 2 is 2.07 bits per heavy atom. The average molecular weight is 447 g/mol. The number of nitrogens with one attached hydrogen (secondary N) is 1. The Morgan fingerprint density at radius 3 is 2.79 bits per heavy atom. The molecule has 0 saturated heterocycles. The van der Waals surface area contributed by atoms with Crippen LogP contribution >= 0.6 is 23.4 Å². The molecule has 2 aromatic rings. The van der Waals surface area contributed by atoms with E-state index >= 15 is 0 Å². The summed E-state index contributed by atoms with van der Waals surface area (Å²) in [6.07, 6.45) is -1.22. The van der Waals surface area contributed by atoms with Gasteiger partial charge in [0.25, 0.3) is 0 Å². The van der Waals surface area contributed by atoms with E-state index in [1.54, 1.807) is 12.3 Å². The van der Waals surface area contributed by atoms with Gasteiger partial charge in [-0.05, 0) is 11.6 Å². The lowest BCUT2D eigenvalue weighted by molar-refractivity contribution is -0.153. The summed E-state index contributed by atoms with van der Waals surface area (Å²) < 4.78 is 46.8. The van der Waals surface area contributed by atoms with Gasteiger partial charge in [0.15, 0.2) is 18.1 Å². The minimum absolute atomic E-state index is 0.0203. The summed E-state index contributed by atoms with van der Waals surface area (Å²) in [5.74, 6) is -0.472. The fourth-order valence-corrected chi connectivity index (χ4v) is 3.34. The number of methoxy groups -OCH3 is 1. The molecule has 0 radical (unpaired) electrons. The minimum atomic E-state index is -4.51. The van der Waals surface area contributed by atoms with Gasteiger partial charge in [-0.15, -0.1) is 11.8 Å². The molecule has 0 aliphatic carbocycles. The first-order valence-electron chi connectivity index (χ1n) is 8.12. The third kappa shape index (κ3) is 5.97. The molecular weight excluding hydrogens is 433 g/mol. The van der Waals surface area contributed by atoms with E-state index in [4.69, 9.17) is 21.1 Å². The number of ether oxygens (including phenoxy) is 2. The Labute approximate surface area is 172 Å². The van der Waals surface area contributed by atoms with Crippen LogP contribution in [0.25, 0.3) is 0 Å². The Morgan fingerprint density at radius 1 is 1.28 bits per heavy atom. The average Bonchev–Trinajstić information content (AvgIpc) is 3.06. The van der Waals surface area contributed by atoms with Gasteiger partial charge in [0.2, 0.25) is 5.91 Å². The summed E-state index contributed by atoms with van der Waals surface area (Å²) in [7, 11) is 1.27. The largest absolute Gasteiger partial charge is 0.491 e. The standard InChI is InChI=1S/C17H14ClF3N4O3S/c1-27-12-6-23-14(4-11(12)28-8-17(19,20)21)25-15(26)7-29-16-3-9-2-13(18)22-5-10(9)24-16/h2,4-6H,3,7-8H2,1H3,(H,23,25,26). The summed E-state index contributed by atoms with van der Waals surface area (Å²) in [6.45, 7) is -1.49. The number of pyridine rings is 2.